The number of aromatic nitrogens is 2. The topological polar surface area (TPSA) is 72.9 Å². The normalized spacial score (nSPS) is 19.3. The first kappa shape index (κ1) is 21.3. The summed E-state index contributed by atoms with van der Waals surface area (Å²) in [5.74, 6) is 1.67. The van der Waals surface area contributed by atoms with Gasteiger partial charge in [-0.1, -0.05) is 17.7 Å². The Labute approximate surface area is 183 Å². The number of sulfonamides is 1. The Hall–Kier alpha value is -1.94. The van der Waals surface area contributed by atoms with Crippen LogP contribution in [0.5, 0.6) is 0 Å². The van der Waals surface area contributed by atoms with Crippen LogP contribution >= 0.6 is 11.6 Å². The summed E-state index contributed by atoms with van der Waals surface area (Å²) < 4.78 is 27.6. The minimum Gasteiger partial charge on any atom is -0.353 e. The van der Waals surface area contributed by atoms with Gasteiger partial charge in [0.2, 0.25) is 10.0 Å². The number of piperazine rings is 2. The van der Waals surface area contributed by atoms with Crippen LogP contribution in [-0.4, -0.2) is 87.2 Å². The van der Waals surface area contributed by atoms with Gasteiger partial charge in [0.1, 0.15) is 0 Å². The van der Waals surface area contributed by atoms with E-state index in [9.17, 15) is 8.42 Å². The maximum atomic E-state index is 13.1. The van der Waals surface area contributed by atoms with Crippen LogP contribution in [-0.2, 0) is 10.0 Å². The number of aryl methyl sites for hydroxylation is 1. The standard InChI is InChI=1S/C20H27ClN6O2S/c1-16-3-4-17(21)15-18(16)30(28,29)27-13-11-26(12-14-27)20-6-5-19(22-23-20)25-9-7-24(2)8-10-25/h3-6,15H,7-14H2,1-2H3. The van der Waals surface area contributed by atoms with Gasteiger partial charge in [-0.3, -0.25) is 0 Å². The Morgan fingerprint density at radius 3 is 1.90 bits per heavy atom. The van der Waals surface area contributed by atoms with Crippen molar-refractivity contribution in [3.63, 3.8) is 0 Å². The zero-order valence-corrected chi connectivity index (χ0v) is 18.9. The maximum Gasteiger partial charge on any atom is 0.243 e. The van der Waals surface area contributed by atoms with Gasteiger partial charge in [-0.05, 0) is 43.8 Å². The number of hydrogen-bond acceptors (Lipinski definition) is 7. The lowest BCUT2D eigenvalue weighted by atomic mass is 10.2. The molecule has 2 aromatic rings. The van der Waals surface area contributed by atoms with Gasteiger partial charge in [-0.15, -0.1) is 10.2 Å². The van der Waals surface area contributed by atoms with Crippen molar-refractivity contribution in [1.82, 2.24) is 19.4 Å². The van der Waals surface area contributed by atoms with Gasteiger partial charge < -0.3 is 14.7 Å². The third-order valence-corrected chi connectivity index (χ3v) is 8.07. The van der Waals surface area contributed by atoms with Gasteiger partial charge in [0.25, 0.3) is 0 Å². The highest BCUT2D eigenvalue weighted by molar-refractivity contribution is 7.89. The van der Waals surface area contributed by atoms with Crippen LogP contribution in [0.4, 0.5) is 11.6 Å². The highest BCUT2D eigenvalue weighted by atomic mass is 35.5. The van der Waals surface area contributed by atoms with Crippen molar-refractivity contribution in [1.29, 1.82) is 0 Å². The van der Waals surface area contributed by atoms with E-state index >= 15 is 0 Å². The lowest BCUT2D eigenvalue weighted by Crippen LogP contribution is -2.49. The third-order valence-electron chi connectivity index (χ3n) is 5.79. The van der Waals surface area contributed by atoms with E-state index in [1.54, 1.807) is 19.1 Å². The largest absolute Gasteiger partial charge is 0.353 e. The van der Waals surface area contributed by atoms with Crippen LogP contribution in [0.3, 0.4) is 0 Å². The Balaban J connectivity index is 1.40. The molecule has 0 aliphatic carbocycles. The summed E-state index contributed by atoms with van der Waals surface area (Å²) in [7, 11) is -1.45. The van der Waals surface area contributed by atoms with Crippen molar-refractivity contribution in [2.75, 3.05) is 69.2 Å². The third kappa shape index (κ3) is 4.39. The summed E-state index contributed by atoms with van der Waals surface area (Å²) in [5.41, 5.74) is 0.701. The van der Waals surface area contributed by atoms with E-state index in [1.165, 1.54) is 10.4 Å². The molecular formula is C20H27ClN6O2S. The van der Waals surface area contributed by atoms with E-state index in [-0.39, 0.29) is 4.90 Å². The van der Waals surface area contributed by atoms with E-state index in [0.717, 1.165) is 37.8 Å². The Morgan fingerprint density at radius 2 is 1.37 bits per heavy atom. The zero-order valence-electron chi connectivity index (χ0n) is 17.3. The van der Waals surface area contributed by atoms with Crippen molar-refractivity contribution in [2.45, 2.75) is 11.8 Å². The predicted octanol–water partition coefficient (Wildman–Crippen LogP) is 1.70. The molecule has 30 heavy (non-hydrogen) atoms. The molecular weight excluding hydrogens is 424 g/mol. The van der Waals surface area contributed by atoms with Crippen molar-refractivity contribution in [3.8, 4) is 0 Å². The number of hydrogen-bond donors (Lipinski definition) is 0. The van der Waals surface area contributed by atoms with E-state index in [0.29, 0.717) is 36.8 Å². The molecule has 0 spiro atoms. The fourth-order valence-electron chi connectivity index (χ4n) is 3.84. The SMILES string of the molecule is Cc1ccc(Cl)cc1S(=O)(=O)N1CCN(c2ccc(N3CCN(C)CC3)nn2)CC1. The van der Waals surface area contributed by atoms with Crippen LogP contribution in [0, 0.1) is 6.92 Å². The van der Waals surface area contributed by atoms with Gasteiger partial charge in [-0.2, -0.15) is 4.31 Å². The van der Waals surface area contributed by atoms with Crippen LogP contribution in [0.2, 0.25) is 5.02 Å². The summed E-state index contributed by atoms with van der Waals surface area (Å²) in [4.78, 5) is 6.91. The van der Waals surface area contributed by atoms with E-state index in [4.69, 9.17) is 11.6 Å². The molecule has 3 heterocycles. The smallest absolute Gasteiger partial charge is 0.243 e. The molecule has 4 rings (SSSR count). The first-order valence-electron chi connectivity index (χ1n) is 10.1. The average molecular weight is 451 g/mol. The van der Waals surface area contributed by atoms with Crippen LogP contribution < -0.4 is 9.80 Å². The lowest BCUT2D eigenvalue weighted by Gasteiger charge is -2.35. The summed E-state index contributed by atoms with van der Waals surface area (Å²) in [6, 6.07) is 8.96. The number of benzene rings is 1. The van der Waals surface area contributed by atoms with Crippen molar-refractivity contribution < 1.29 is 8.42 Å². The molecule has 0 saturated carbocycles. The fourth-order valence-corrected chi connectivity index (χ4v) is 5.75. The van der Waals surface area contributed by atoms with Gasteiger partial charge in [-0.25, -0.2) is 8.42 Å². The quantitative estimate of drug-likeness (QED) is 0.701. The number of anilines is 2. The molecule has 0 N–H and O–H groups in total. The molecule has 10 heteroatoms. The van der Waals surface area contributed by atoms with Gasteiger partial charge in [0.15, 0.2) is 11.6 Å². The van der Waals surface area contributed by atoms with E-state index < -0.39 is 10.0 Å². The second-order valence-electron chi connectivity index (χ2n) is 7.84. The molecule has 2 aliphatic rings. The maximum absolute atomic E-state index is 13.1. The minimum atomic E-state index is -3.57. The molecule has 0 bridgehead atoms. The number of halogens is 1. The van der Waals surface area contributed by atoms with Gasteiger partial charge in [0.05, 0.1) is 4.90 Å². The second-order valence-corrected chi connectivity index (χ2v) is 10.2. The highest BCUT2D eigenvalue weighted by Crippen LogP contribution is 2.25. The van der Waals surface area contributed by atoms with Crippen LogP contribution in [0.1, 0.15) is 5.56 Å². The molecule has 1 aromatic carbocycles. The first-order chi connectivity index (χ1) is 14.3. The Morgan fingerprint density at radius 1 is 0.833 bits per heavy atom. The minimum absolute atomic E-state index is 0.278. The number of rotatable bonds is 4. The zero-order chi connectivity index (χ0) is 21.3. The fraction of sp³-hybridized carbons (Fsp3) is 0.500. The average Bonchev–Trinajstić information content (AvgIpc) is 2.76. The molecule has 0 radical (unpaired) electrons. The number of nitrogens with zero attached hydrogens (tertiary/aromatic N) is 6. The Kier molecular flexibility index (Phi) is 6.15. The van der Waals surface area contributed by atoms with Crippen LogP contribution in [0.15, 0.2) is 35.2 Å². The predicted molar refractivity (Wildman–Crippen MR) is 119 cm³/mol. The molecule has 1 aromatic heterocycles. The highest BCUT2D eigenvalue weighted by Gasteiger charge is 2.30. The molecule has 0 atom stereocenters. The lowest BCUT2D eigenvalue weighted by molar-refractivity contribution is 0.312. The summed E-state index contributed by atoms with van der Waals surface area (Å²) >= 11 is 6.03. The molecule has 0 unspecified atom stereocenters. The Bertz CT molecular complexity index is 985. The molecule has 8 nitrogen and oxygen atoms in total. The molecule has 2 aliphatic heterocycles. The second kappa shape index (κ2) is 8.66. The van der Waals surface area contributed by atoms with Crippen molar-refractivity contribution in [3.05, 3.63) is 40.9 Å². The van der Waals surface area contributed by atoms with Gasteiger partial charge in [0, 0.05) is 57.4 Å². The van der Waals surface area contributed by atoms with Crippen LogP contribution in [0.25, 0.3) is 0 Å². The molecule has 162 valence electrons. The van der Waals surface area contributed by atoms with Gasteiger partial charge >= 0.3 is 0 Å². The molecule has 2 fully saturated rings. The number of likely N-dealkylation sites (N-methyl/N-ethyl adjacent to an activating group) is 1. The summed E-state index contributed by atoms with van der Waals surface area (Å²) in [5, 5.41) is 9.24. The first-order valence-corrected chi connectivity index (χ1v) is 11.9. The molecule has 0 amide bonds. The summed E-state index contributed by atoms with van der Waals surface area (Å²) in [6.45, 7) is 7.66. The van der Waals surface area contributed by atoms with Crippen molar-refractivity contribution >= 4 is 33.3 Å². The van der Waals surface area contributed by atoms with E-state index in [1.807, 2.05) is 12.1 Å². The summed E-state index contributed by atoms with van der Waals surface area (Å²) in [6.07, 6.45) is 0. The van der Waals surface area contributed by atoms with E-state index in [2.05, 4.69) is 31.9 Å². The van der Waals surface area contributed by atoms with Crippen molar-refractivity contribution in [2.24, 2.45) is 0 Å². The monoisotopic (exact) mass is 450 g/mol. The molecule has 2 saturated heterocycles.